The van der Waals surface area contributed by atoms with Crippen molar-refractivity contribution in [3.63, 3.8) is 0 Å². The van der Waals surface area contributed by atoms with Crippen LogP contribution in [0.15, 0.2) is 53.2 Å². The van der Waals surface area contributed by atoms with Crippen LogP contribution in [0.2, 0.25) is 0 Å². The van der Waals surface area contributed by atoms with Crippen LogP contribution >= 0.6 is 11.8 Å². The molecule has 1 fully saturated rings. The Morgan fingerprint density at radius 2 is 2.04 bits per heavy atom. The Hall–Kier alpha value is -2.54. The highest BCUT2D eigenvalue weighted by atomic mass is 32.2. The Morgan fingerprint density at radius 1 is 1.32 bits per heavy atom. The number of hydrogen-bond acceptors (Lipinski definition) is 6. The lowest BCUT2D eigenvalue weighted by atomic mass is 9.94. The smallest absolute Gasteiger partial charge is 0.338 e. The van der Waals surface area contributed by atoms with E-state index >= 15 is 0 Å². The Morgan fingerprint density at radius 3 is 2.64 bits per heavy atom. The molecule has 1 saturated heterocycles. The molecule has 2 aliphatic rings. The van der Waals surface area contributed by atoms with E-state index in [1.165, 1.54) is 17.8 Å². The van der Waals surface area contributed by atoms with Gasteiger partial charge in [-0.2, -0.15) is 0 Å². The van der Waals surface area contributed by atoms with Crippen molar-refractivity contribution < 1.29 is 19.1 Å². The standard InChI is InChI=1S/C21H24N2O4S/c1-5-12-27-20(25)17-13(4)22-21-23(19(24)16(6-2)28-21)18(17)14-8-10-15(11-9-14)26-7-3/h5,8-11,16,18H,1,6-7,12H2,2-4H3/t16-,18-/m0/s1. The normalized spacial score (nSPS) is 21.3. The summed E-state index contributed by atoms with van der Waals surface area (Å²) in [7, 11) is 0. The van der Waals surface area contributed by atoms with Gasteiger partial charge in [0.1, 0.15) is 12.4 Å². The van der Waals surface area contributed by atoms with Gasteiger partial charge in [-0.25, -0.2) is 9.79 Å². The highest BCUT2D eigenvalue weighted by Gasteiger charge is 2.47. The van der Waals surface area contributed by atoms with Crippen LogP contribution in [-0.2, 0) is 14.3 Å². The zero-order chi connectivity index (χ0) is 20.3. The monoisotopic (exact) mass is 400 g/mol. The first-order chi connectivity index (χ1) is 13.5. The fraction of sp³-hybridized carbons (Fsp3) is 0.381. The summed E-state index contributed by atoms with van der Waals surface area (Å²) in [6.45, 7) is 9.92. The minimum atomic E-state index is -0.572. The van der Waals surface area contributed by atoms with E-state index in [2.05, 4.69) is 11.6 Å². The van der Waals surface area contributed by atoms with E-state index in [9.17, 15) is 9.59 Å². The molecule has 7 heteroatoms. The average molecular weight is 401 g/mol. The van der Waals surface area contributed by atoms with Crippen molar-refractivity contribution in [1.82, 2.24) is 4.90 Å². The number of amidine groups is 1. The topological polar surface area (TPSA) is 68.2 Å². The maximum absolute atomic E-state index is 13.0. The second kappa shape index (κ2) is 8.65. The number of nitrogens with zero attached hydrogens (tertiary/aromatic N) is 2. The molecule has 1 amide bonds. The molecule has 1 aromatic rings. The number of amides is 1. The van der Waals surface area contributed by atoms with Crippen molar-refractivity contribution in [2.24, 2.45) is 4.99 Å². The summed E-state index contributed by atoms with van der Waals surface area (Å²) in [6.07, 6.45) is 2.21. The molecule has 28 heavy (non-hydrogen) atoms. The van der Waals surface area contributed by atoms with Crippen molar-refractivity contribution in [3.05, 3.63) is 53.8 Å². The molecule has 1 aromatic carbocycles. The van der Waals surface area contributed by atoms with Crippen molar-refractivity contribution in [2.75, 3.05) is 13.2 Å². The van der Waals surface area contributed by atoms with Gasteiger partial charge in [0, 0.05) is 0 Å². The van der Waals surface area contributed by atoms with Crippen LogP contribution in [0, 0.1) is 0 Å². The van der Waals surface area contributed by atoms with Gasteiger partial charge in [-0.3, -0.25) is 9.69 Å². The fourth-order valence-corrected chi connectivity index (χ4v) is 4.42. The number of carbonyl (C=O) groups excluding carboxylic acids is 2. The van der Waals surface area contributed by atoms with Crippen LogP contribution in [0.25, 0.3) is 0 Å². The van der Waals surface area contributed by atoms with Gasteiger partial charge in [-0.15, -0.1) is 0 Å². The molecule has 2 atom stereocenters. The Labute approximate surface area is 169 Å². The molecule has 0 aliphatic carbocycles. The Balaban J connectivity index is 2.06. The van der Waals surface area contributed by atoms with Gasteiger partial charge < -0.3 is 9.47 Å². The molecule has 2 aliphatic heterocycles. The maximum atomic E-state index is 13.0. The largest absolute Gasteiger partial charge is 0.494 e. The maximum Gasteiger partial charge on any atom is 0.338 e. The number of benzene rings is 1. The van der Waals surface area contributed by atoms with E-state index in [1.54, 1.807) is 11.8 Å². The second-order valence-corrected chi connectivity index (χ2v) is 7.58. The van der Waals surface area contributed by atoms with E-state index in [0.29, 0.717) is 29.5 Å². The third-order valence-electron chi connectivity index (χ3n) is 4.58. The van der Waals surface area contributed by atoms with Gasteiger partial charge >= 0.3 is 5.97 Å². The lowest BCUT2D eigenvalue weighted by Gasteiger charge is -2.33. The molecule has 0 saturated carbocycles. The number of fused-ring (bicyclic) bond motifs is 1. The quantitative estimate of drug-likeness (QED) is 0.514. The lowest BCUT2D eigenvalue weighted by molar-refractivity contribution is -0.139. The molecule has 2 heterocycles. The van der Waals surface area contributed by atoms with Crippen LogP contribution in [0.3, 0.4) is 0 Å². The summed E-state index contributed by atoms with van der Waals surface area (Å²) in [5, 5.41) is 0.439. The molecular weight excluding hydrogens is 376 g/mol. The van der Waals surface area contributed by atoms with Crippen LogP contribution in [0.1, 0.15) is 38.8 Å². The fourth-order valence-electron chi connectivity index (χ4n) is 3.29. The number of carbonyl (C=O) groups is 2. The number of aliphatic imine (C=N–C) groups is 1. The van der Waals surface area contributed by atoms with Crippen LogP contribution in [0.4, 0.5) is 0 Å². The number of ether oxygens (including phenoxy) is 2. The minimum Gasteiger partial charge on any atom is -0.494 e. The second-order valence-electron chi connectivity index (χ2n) is 6.41. The molecule has 0 aromatic heterocycles. The van der Waals surface area contributed by atoms with Crippen LogP contribution in [-0.4, -0.2) is 40.4 Å². The SMILES string of the molecule is C=CCOC(=O)C1=C(C)N=C2S[C@@H](CC)C(=O)N2[C@H]1c1ccc(OCC)cc1. The van der Waals surface area contributed by atoms with Crippen molar-refractivity contribution in [2.45, 2.75) is 38.5 Å². The molecule has 0 unspecified atom stereocenters. The van der Waals surface area contributed by atoms with Crippen LogP contribution < -0.4 is 4.74 Å². The number of rotatable bonds is 7. The number of hydrogen-bond donors (Lipinski definition) is 0. The van der Waals surface area contributed by atoms with Gasteiger partial charge in [0.2, 0.25) is 5.91 Å². The molecule has 0 radical (unpaired) electrons. The van der Waals surface area contributed by atoms with E-state index in [0.717, 1.165) is 11.3 Å². The number of allylic oxidation sites excluding steroid dienone is 1. The van der Waals surface area contributed by atoms with E-state index in [4.69, 9.17) is 9.47 Å². The summed E-state index contributed by atoms with van der Waals surface area (Å²) in [4.78, 5) is 32.0. The van der Waals surface area contributed by atoms with Gasteiger partial charge in [0.25, 0.3) is 0 Å². The van der Waals surface area contributed by atoms with Gasteiger partial charge in [-0.1, -0.05) is 43.5 Å². The van der Waals surface area contributed by atoms with E-state index < -0.39 is 12.0 Å². The zero-order valence-corrected chi connectivity index (χ0v) is 17.1. The lowest BCUT2D eigenvalue weighted by Crippen LogP contribution is -2.40. The molecule has 0 bridgehead atoms. The average Bonchev–Trinajstić information content (AvgIpc) is 3.01. The molecule has 0 spiro atoms. The zero-order valence-electron chi connectivity index (χ0n) is 16.3. The molecule has 148 valence electrons. The number of thioether (sulfide) groups is 1. The predicted molar refractivity (Wildman–Crippen MR) is 110 cm³/mol. The minimum absolute atomic E-state index is 0.0355. The van der Waals surface area contributed by atoms with Gasteiger partial charge in [0.15, 0.2) is 5.17 Å². The first-order valence-electron chi connectivity index (χ1n) is 9.31. The third-order valence-corrected chi connectivity index (χ3v) is 5.90. The van der Waals surface area contributed by atoms with Crippen molar-refractivity contribution in [3.8, 4) is 5.75 Å². The van der Waals surface area contributed by atoms with Gasteiger partial charge in [-0.05, 0) is 38.0 Å². The molecule has 0 N–H and O–H groups in total. The molecule has 3 rings (SSSR count). The highest BCUT2D eigenvalue weighted by Crippen LogP contribution is 2.44. The van der Waals surface area contributed by atoms with Crippen molar-refractivity contribution >= 4 is 28.8 Å². The van der Waals surface area contributed by atoms with E-state index in [-0.39, 0.29) is 17.8 Å². The predicted octanol–water partition coefficient (Wildman–Crippen LogP) is 3.85. The van der Waals surface area contributed by atoms with Crippen molar-refractivity contribution in [1.29, 1.82) is 0 Å². The van der Waals surface area contributed by atoms with Gasteiger partial charge in [0.05, 0.1) is 29.2 Å². The summed E-state index contributed by atoms with van der Waals surface area (Å²) < 4.78 is 10.8. The summed E-state index contributed by atoms with van der Waals surface area (Å²) in [5.41, 5.74) is 1.75. The first-order valence-corrected chi connectivity index (χ1v) is 10.2. The molecular formula is C21H24N2O4S. The Kier molecular flexibility index (Phi) is 6.24. The summed E-state index contributed by atoms with van der Waals surface area (Å²) in [5.74, 6) is 0.212. The first kappa shape index (κ1) is 20.2. The molecule has 6 nitrogen and oxygen atoms in total. The Bertz CT molecular complexity index is 844. The summed E-state index contributed by atoms with van der Waals surface area (Å²) >= 11 is 1.45. The highest BCUT2D eigenvalue weighted by molar-refractivity contribution is 8.15. The summed E-state index contributed by atoms with van der Waals surface area (Å²) in [6, 6.07) is 6.87. The third kappa shape index (κ3) is 3.71. The van der Waals surface area contributed by atoms with Crippen LogP contribution in [0.5, 0.6) is 5.75 Å². The van der Waals surface area contributed by atoms with E-state index in [1.807, 2.05) is 38.1 Å². The number of esters is 1.